The molecule has 1 amide bonds. The fourth-order valence-electron chi connectivity index (χ4n) is 8.13. The summed E-state index contributed by atoms with van der Waals surface area (Å²) in [5, 5.41) is 8.13. The van der Waals surface area contributed by atoms with Crippen molar-refractivity contribution in [3.8, 4) is 17.4 Å². The zero-order valence-electron chi connectivity index (χ0n) is 30.8. The summed E-state index contributed by atoms with van der Waals surface area (Å²) < 4.78 is 59.6. The summed E-state index contributed by atoms with van der Waals surface area (Å²) in [7, 11) is 0. The lowest BCUT2D eigenvalue weighted by Crippen LogP contribution is -2.65. The number of pyridine rings is 1. The number of nitrogens with zero attached hydrogens (tertiary/aromatic N) is 8. The molecule has 3 aromatic rings. The summed E-state index contributed by atoms with van der Waals surface area (Å²) in [5.74, 6) is -1.79. The number of fused-ring (bicyclic) bond motifs is 1. The van der Waals surface area contributed by atoms with Gasteiger partial charge in [0.15, 0.2) is 5.82 Å². The van der Waals surface area contributed by atoms with Gasteiger partial charge in [0.1, 0.15) is 36.4 Å². The second-order valence-electron chi connectivity index (χ2n) is 15.2. The average Bonchev–Trinajstić information content (AvgIpc) is 3.09. The van der Waals surface area contributed by atoms with Crippen molar-refractivity contribution in [1.82, 2.24) is 34.9 Å². The number of alkyl halides is 2. The van der Waals surface area contributed by atoms with Gasteiger partial charge < -0.3 is 24.0 Å². The largest absolute Gasteiger partial charge is 0.490 e. The highest BCUT2D eigenvalue weighted by Gasteiger charge is 2.54. The second-order valence-corrected chi connectivity index (χ2v) is 15.2. The molecule has 53 heavy (non-hydrogen) atoms. The molecule has 2 aromatic heterocycles. The van der Waals surface area contributed by atoms with Crippen molar-refractivity contribution in [1.29, 1.82) is 0 Å². The van der Waals surface area contributed by atoms with Crippen molar-refractivity contribution in [3.05, 3.63) is 59.4 Å². The first-order valence-electron chi connectivity index (χ1n) is 18.8. The van der Waals surface area contributed by atoms with Crippen molar-refractivity contribution in [2.75, 3.05) is 64.1 Å². The van der Waals surface area contributed by atoms with Crippen LogP contribution in [0.3, 0.4) is 0 Å². The van der Waals surface area contributed by atoms with Crippen LogP contribution in [0.2, 0.25) is 0 Å². The van der Waals surface area contributed by atoms with Crippen LogP contribution in [0.15, 0.2) is 36.8 Å². The number of ether oxygens (including phenoxy) is 3. The van der Waals surface area contributed by atoms with Crippen LogP contribution in [0.25, 0.3) is 0 Å². The van der Waals surface area contributed by atoms with E-state index in [0.717, 1.165) is 82.0 Å². The molecule has 12 nitrogen and oxygen atoms in total. The van der Waals surface area contributed by atoms with Crippen LogP contribution in [0.1, 0.15) is 74.5 Å². The number of hydrogen-bond acceptors (Lipinski definition) is 11. The van der Waals surface area contributed by atoms with Crippen molar-refractivity contribution < 1.29 is 32.2 Å². The highest BCUT2D eigenvalue weighted by molar-refractivity contribution is 5.97. The number of rotatable bonds is 12. The van der Waals surface area contributed by atoms with Gasteiger partial charge in [0.2, 0.25) is 0 Å². The van der Waals surface area contributed by atoms with Gasteiger partial charge in [-0.25, -0.2) is 18.2 Å². The third-order valence-electron chi connectivity index (χ3n) is 10.8. The number of anilines is 1. The third-order valence-corrected chi connectivity index (χ3v) is 10.8. The molecule has 7 rings (SSSR count). The van der Waals surface area contributed by atoms with Gasteiger partial charge in [-0.3, -0.25) is 19.6 Å². The van der Waals surface area contributed by atoms with Gasteiger partial charge in [-0.15, -0.1) is 10.2 Å². The van der Waals surface area contributed by atoms with Crippen LogP contribution in [0, 0.1) is 11.2 Å². The number of benzene rings is 1. The quantitative estimate of drug-likeness (QED) is 0.233. The maximum atomic E-state index is 14.3. The molecule has 1 aromatic carbocycles. The van der Waals surface area contributed by atoms with Crippen LogP contribution in [0.4, 0.5) is 19.0 Å². The molecule has 2 saturated heterocycles. The molecule has 1 spiro atoms. The van der Waals surface area contributed by atoms with Crippen molar-refractivity contribution in [2.45, 2.75) is 83.9 Å². The summed E-state index contributed by atoms with van der Waals surface area (Å²) in [6.45, 7) is 11.5. The van der Waals surface area contributed by atoms with Gasteiger partial charge in [-0.05, 0) is 77.3 Å². The number of halogens is 3. The van der Waals surface area contributed by atoms with E-state index in [4.69, 9.17) is 14.2 Å². The Morgan fingerprint density at radius 2 is 1.91 bits per heavy atom. The first-order valence-corrected chi connectivity index (χ1v) is 18.8. The van der Waals surface area contributed by atoms with E-state index in [2.05, 4.69) is 34.9 Å². The van der Waals surface area contributed by atoms with Crippen LogP contribution in [-0.2, 0) is 17.7 Å². The lowest BCUT2D eigenvalue weighted by atomic mass is 9.61. The van der Waals surface area contributed by atoms with Gasteiger partial charge in [0, 0.05) is 87.6 Å². The Morgan fingerprint density at radius 3 is 2.70 bits per heavy atom. The molecule has 0 unspecified atom stereocenters. The molecule has 1 aliphatic carbocycles. The molecule has 0 radical (unpaired) electrons. The van der Waals surface area contributed by atoms with Gasteiger partial charge in [-0.2, -0.15) is 0 Å². The van der Waals surface area contributed by atoms with Crippen LogP contribution < -0.4 is 14.4 Å². The van der Waals surface area contributed by atoms with E-state index >= 15 is 0 Å². The van der Waals surface area contributed by atoms with Crippen LogP contribution in [0.5, 0.6) is 17.4 Å². The standard InChI is InChI=1S/C38H49F3N8O4/c1-4-49(26(2)3)36(50)29-17-27(39)7-8-32(29)53-35-34(43-24-44-45-35)48-21-37(22-48)18-28(19-37)52-33-9-12-42-31-10-16-46(20-30(31)33)14-6-15-47-13-5-11-38(40,41)23-51-25-47/h7-9,12,17,24,26,28H,4-6,10-11,13-16,18-23,25H2,1-3H3. The molecule has 0 bridgehead atoms. The van der Waals surface area contributed by atoms with Crippen molar-refractivity contribution in [2.24, 2.45) is 5.41 Å². The van der Waals surface area contributed by atoms with E-state index in [1.807, 2.05) is 33.0 Å². The summed E-state index contributed by atoms with van der Waals surface area (Å²) >= 11 is 0. The molecule has 5 heterocycles. The molecule has 1 saturated carbocycles. The fraction of sp³-hybridized carbons (Fsp3) is 0.605. The smallest absolute Gasteiger partial charge is 0.282 e. The van der Waals surface area contributed by atoms with Gasteiger partial charge in [0.25, 0.3) is 17.7 Å². The Balaban J connectivity index is 0.919. The number of carbonyl (C=O) groups excluding carboxylic acids is 1. The Hall–Kier alpha value is -4.08. The fourth-order valence-corrected chi connectivity index (χ4v) is 8.13. The van der Waals surface area contributed by atoms with E-state index < -0.39 is 18.3 Å². The zero-order valence-corrected chi connectivity index (χ0v) is 30.8. The first-order chi connectivity index (χ1) is 25.5. The molecule has 3 aliphatic heterocycles. The van der Waals surface area contributed by atoms with Crippen LogP contribution >= 0.6 is 0 Å². The van der Waals surface area contributed by atoms with E-state index in [-0.39, 0.29) is 53.8 Å². The van der Waals surface area contributed by atoms with Crippen molar-refractivity contribution in [3.63, 3.8) is 0 Å². The Morgan fingerprint density at radius 1 is 1.09 bits per heavy atom. The molecular formula is C38H49F3N8O4. The Kier molecular flexibility index (Phi) is 11.0. The summed E-state index contributed by atoms with van der Waals surface area (Å²) in [6, 6.07) is 5.80. The normalized spacial score (nSPS) is 20.2. The van der Waals surface area contributed by atoms with E-state index in [9.17, 15) is 18.0 Å². The number of carbonyl (C=O) groups is 1. The predicted molar refractivity (Wildman–Crippen MR) is 191 cm³/mol. The zero-order chi connectivity index (χ0) is 37.2. The number of aromatic nitrogens is 4. The maximum absolute atomic E-state index is 14.3. The molecule has 4 aliphatic rings. The van der Waals surface area contributed by atoms with Crippen molar-refractivity contribution >= 4 is 11.7 Å². The molecular weight excluding hydrogens is 689 g/mol. The lowest BCUT2D eigenvalue weighted by molar-refractivity contribution is -0.118. The summed E-state index contributed by atoms with van der Waals surface area (Å²) in [6.07, 6.45) is 7.25. The second kappa shape index (κ2) is 15.7. The maximum Gasteiger partial charge on any atom is 0.282 e. The van der Waals surface area contributed by atoms with Gasteiger partial charge in [-0.1, -0.05) is 0 Å². The monoisotopic (exact) mass is 738 g/mol. The highest BCUT2D eigenvalue weighted by atomic mass is 19.3. The first kappa shape index (κ1) is 37.2. The highest BCUT2D eigenvalue weighted by Crippen LogP contribution is 2.52. The van der Waals surface area contributed by atoms with Gasteiger partial charge >= 0.3 is 0 Å². The molecule has 3 fully saturated rings. The molecule has 286 valence electrons. The number of hydrogen-bond donors (Lipinski definition) is 0. The van der Waals surface area contributed by atoms with E-state index in [1.165, 1.54) is 24.5 Å². The van der Waals surface area contributed by atoms with Gasteiger partial charge in [0.05, 0.1) is 12.3 Å². The molecule has 15 heteroatoms. The minimum absolute atomic E-state index is 0.0702. The topological polar surface area (TPSA) is 109 Å². The summed E-state index contributed by atoms with van der Waals surface area (Å²) in [5.41, 5.74) is 2.44. The minimum atomic E-state index is -2.72. The van der Waals surface area contributed by atoms with Crippen LogP contribution in [-0.4, -0.2) is 118 Å². The Labute approximate surface area is 308 Å². The molecule has 0 atom stereocenters. The SMILES string of the molecule is CCN(C(=O)c1cc(F)ccc1Oc1nncnc1N1CC2(CC(Oc3ccnc4c3CN(CCCN3CCCC(F)(F)COC3)CC4)C2)C1)C(C)C. The van der Waals surface area contributed by atoms with E-state index in [0.29, 0.717) is 25.3 Å². The third kappa shape index (κ3) is 8.52. The summed E-state index contributed by atoms with van der Waals surface area (Å²) in [4.78, 5) is 30.8. The lowest BCUT2D eigenvalue weighted by Gasteiger charge is -2.58. The minimum Gasteiger partial charge on any atom is -0.490 e. The Bertz CT molecular complexity index is 1740. The average molecular weight is 739 g/mol. The molecule has 0 N–H and O–H groups in total. The number of amides is 1. The predicted octanol–water partition coefficient (Wildman–Crippen LogP) is 5.57. The van der Waals surface area contributed by atoms with E-state index in [1.54, 1.807) is 4.90 Å².